The summed E-state index contributed by atoms with van der Waals surface area (Å²) < 4.78 is 34.6. The lowest BCUT2D eigenvalue weighted by Crippen LogP contribution is -2.15. The van der Waals surface area contributed by atoms with Crippen LogP contribution in [-0.2, 0) is 15.8 Å². The van der Waals surface area contributed by atoms with Gasteiger partial charge in [-0.3, -0.25) is 4.79 Å². The number of amides is 1. The number of sulfonamides is 1. The van der Waals surface area contributed by atoms with Crippen molar-refractivity contribution >= 4 is 21.6 Å². The number of carbonyl (C=O) groups is 1. The van der Waals surface area contributed by atoms with Crippen LogP contribution in [0.25, 0.3) is 0 Å². The molecule has 0 bridgehead atoms. The number of halogens is 1. The summed E-state index contributed by atoms with van der Waals surface area (Å²) in [4.78, 5) is 15.5. The van der Waals surface area contributed by atoms with E-state index in [1.54, 1.807) is 12.1 Å². The highest BCUT2D eigenvalue weighted by molar-refractivity contribution is 7.88. The SMILES string of the molecule is NS(=O)(=O)Cc1ccc(NC(=O)c2ccc(F)cn2)cc1. The lowest BCUT2D eigenvalue weighted by atomic mass is 10.2. The van der Waals surface area contributed by atoms with Crippen molar-refractivity contribution < 1.29 is 17.6 Å². The fraction of sp³-hybridized carbons (Fsp3) is 0.0769. The topological polar surface area (TPSA) is 102 Å². The standard InChI is InChI=1S/C13H12FN3O3S/c14-10-3-6-12(16-7-10)13(18)17-11-4-1-9(2-5-11)8-21(15,19)20/h1-7H,8H2,(H,17,18)(H2,15,19,20). The summed E-state index contributed by atoms with van der Waals surface area (Å²) in [7, 11) is -3.59. The van der Waals surface area contributed by atoms with Crippen molar-refractivity contribution in [1.29, 1.82) is 0 Å². The van der Waals surface area contributed by atoms with Gasteiger partial charge in [0.25, 0.3) is 5.91 Å². The number of aromatic nitrogens is 1. The summed E-state index contributed by atoms with van der Waals surface area (Å²) >= 11 is 0. The van der Waals surface area contributed by atoms with Gasteiger partial charge in [0, 0.05) is 5.69 Å². The van der Waals surface area contributed by atoms with Crippen molar-refractivity contribution in [2.45, 2.75) is 5.75 Å². The number of carbonyl (C=O) groups excluding carboxylic acids is 1. The van der Waals surface area contributed by atoms with Gasteiger partial charge in [0.15, 0.2) is 0 Å². The highest BCUT2D eigenvalue weighted by atomic mass is 32.2. The Labute approximate surface area is 120 Å². The predicted molar refractivity (Wildman–Crippen MR) is 75.4 cm³/mol. The molecule has 3 N–H and O–H groups in total. The van der Waals surface area contributed by atoms with Gasteiger partial charge in [-0.25, -0.2) is 22.9 Å². The van der Waals surface area contributed by atoms with Crippen molar-refractivity contribution in [2.75, 3.05) is 5.32 Å². The molecule has 0 radical (unpaired) electrons. The number of nitrogens with two attached hydrogens (primary N) is 1. The molecule has 0 aliphatic heterocycles. The Kier molecular flexibility index (Phi) is 4.29. The predicted octanol–water partition coefficient (Wildman–Crippen LogP) is 1.26. The fourth-order valence-electron chi connectivity index (χ4n) is 1.62. The Bertz CT molecular complexity index is 743. The molecule has 0 saturated carbocycles. The number of rotatable bonds is 4. The second kappa shape index (κ2) is 5.98. The monoisotopic (exact) mass is 309 g/mol. The number of nitrogens with one attached hydrogen (secondary N) is 1. The second-order valence-corrected chi connectivity index (χ2v) is 5.93. The van der Waals surface area contributed by atoms with E-state index in [1.165, 1.54) is 18.2 Å². The van der Waals surface area contributed by atoms with E-state index in [1.807, 2.05) is 0 Å². The molecule has 2 rings (SSSR count). The van der Waals surface area contributed by atoms with Crippen LogP contribution in [0.15, 0.2) is 42.6 Å². The van der Waals surface area contributed by atoms with Crippen LogP contribution >= 0.6 is 0 Å². The molecule has 1 aromatic carbocycles. The quantitative estimate of drug-likeness (QED) is 0.887. The summed E-state index contributed by atoms with van der Waals surface area (Å²) in [5.41, 5.74) is 1.05. The molecule has 0 fully saturated rings. The molecule has 0 aliphatic rings. The van der Waals surface area contributed by atoms with Crippen LogP contribution in [0.4, 0.5) is 10.1 Å². The summed E-state index contributed by atoms with van der Waals surface area (Å²) in [6, 6.07) is 8.57. The lowest BCUT2D eigenvalue weighted by Gasteiger charge is -2.06. The molecule has 0 unspecified atom stereocenters. The molecular weight excluding hydrogens is 297 g/mol. The molecule has 2 aromatic rings. The van der Waals surface area contributed by atoms with Crippen LogP contribution in [0.2, 0.25) is 0 Å². The maximum absolute atomic E-state index is 12.7. The van der Waals surface area contributed by atoms with E-state index in [4.69, 9.17) is 5.14 Å². The Balaban J connectivity index is 2.06. The van der Waals surface area contributed by atoms with E-state index in [0.717, 1.165) is 12.3 Å². The number of nitrogens with zero attached hydrogens (tertiary/aromatic N) is 1. The van der Waals surface area contributed by atoms with Crippen LogP contribution < -0.4 is 10.5 Å². The molecule has 0 atom stereocenters. The summed E-state index contributed by atoms with van der Waals surface area (Å²) in [5, 5.41) is 7.50. The summed E-state index contributed by atoms with van der Waals surface area (Å²) in [5.74, 6) is -1.30. The molecule has 6 nitrogen and oxygen atoms in total. The number of hydrogen-bond acceptors (Lipinski definition) is 4. The van der Waals surface area contributed by atoms with Gasteiger partial charge in [-0.2, -0.15) is 0 Å². The molecule has 1 heterocycles. The number of primary sulfonamides is 1. The summed E-state index contributed by atoms with van der Waals surface area (Å²) in [6.07, 6.45) is 0.949. The van der Waals surface area contributed by atoms with Gasteiger partial charge in [-0.15, -0.1) is 0 Å². The third kappa shape index (κ3) is 4.62. The highest BCUT2D eigenvalue weighted by Gasteiger charge is 2.09. The van der Waals surface area contributed by atoms with Crippen LogP contribution in [0.5, 0.6) is 0 Å². The maximum atomic E-state index is 12.7. The van der Waals surface area contributed by atoms with Gasteiger partial charge in [0.2, 0.25) is 10.0 Å². The van der Waals surface area contributed by atoms with Crippen LogP contribution in [0.3, 0.4) is 0 Å². The molecule has 0 aliphatic carbocycles. The van der Waals surface area contributed by atoms with Gasteiger partial charge < -0.3 is 5.32 Å². The van der Waals surface area contributed by atoms with Crippen molar-refractivity contribution in [3.05, 3.63) is 59.7 Å². The van der Waals surface area contributed by atoms with Gasteiger partial charge in [-0.05, 0) is 29.8 Å². The normalized spacial score (nSPS) is 11.1. The Hall–Kier alpha value is -2.32. The smallest absolute Gasteiger partial charge is 0.274 e. The van der Waals surface area contributed by atoms with Gasteiger partial charge in [0.1, 0.15) is 11.5 Å². The third-order valence-corrected chi connectivity index (χ3v) is 3.28. The Morgan fingerprint density at radius 1 is 1.19 bits per heavy atom. The van der Waals surface area contributed by atoms with Gasteiger partial charge in [0.05, 0.1) is 11.9 Å². The third-order valence-electron chi connectivity index (χ3n) is 2.54. The largest absolute Gasteiger partial charge is 0.321 e. The number of benzene rings is 1. The van der Waals surface area contributed by atoms with Crippen molar-refractivity contribution in [1.82, 2.24) is 4.98 Å². The first-order chi connectivity index (χ1) is 9.83. The molecule has 110 valence electrons. The first-order valence-corrected chi connectivity index (χ1v) is 7.57. The van der Waals surface area contributed by atoms with Crippen LogP contribution in [-0.4, -0.2) is 19.3 Å². The van der Waals surface area contributed by atoms with Gasteiger partial charge >= 0.3 is 0 Å². The first-order valence-electron chi connectivity index (χ1n) is 5.86. The van der Waals surface area contributed by atoms with E-state index >= 15 is 0 Å². The zero-order valence-electron chi connectivity index (χ0n) is 10.8. The Morgan fingerprint density at radius 3 is 2.38 bits per heavy atom. The van der Waals surface area contributed by atoms with E-state index in [-0.39, 0.29) is 11.4 Å². The number of pyridine rings is 1. The fourth-order valence-corrected chi connectivity index (χ4v) is 2.28. The second-order valence-electron chi connectivity index (χ2n) is 4.32. The highest BCUT2D eigenvalue weighted by Crippen LogP contribution is 2.12. The maximum Gasteiger partial charge on any atom is 0.274 e. The van der Waals surface area contributed by atoms with Crippen molar-refractivity contribution in [3.8, 4) is 0 Å². The summed E-state index contributed by atoms with van der Waals surface area (Å²) in [6.45, 7) is 0. The molecule has 0 saturated heterocycles. The molecule has 21 heavy (non-hydrogen) atoms. The number of anilines is 1. The molecule has 0 spiro atoms. The zero-order valence-corrected chi connectivity index (χ0v) is 11.6. The molecular formula is C13H12FN3O3S. The van der Waals surface area contributed by atoms with Crippen molar-refractivity contribution in [3.63, 3.8) is 0 Å². The zero-order chi connectivity index (χ0) is 15.5. The average molecular weight is 309 g/mol. The van der Waals surface area contributed by atoms with Crippen LogP contribution in [0.1, 0.15) is 16.1 Å². The minimum atomic E-state index is -3.59. The van der Waals surface area contributed by atoms with Crippen molar-refractivity contribution in [2.24, 2.45) is 5.14 Å². The minimum absolute atomic E-state index is 0.0741. The minimum Gasteiger partial charge on any atom is -0.321 e. The average Bonchev–Trinajstić information content (AvgIpc) is 2.40. The molecule has 8 heteroatoms. The van der Waals surface area contributed by atoms with E-state index in [0.29, 0.717) is 11.3 Å². The molecule has 1 amide bonds. The van der Waals surface area contributed by atoms with E-state index in [2.05, 4.69) is 10.3 Å². The molecule has 1 aromatic heterocycles. The van der Waals surface area contributed by atoms with Crippen LogP contribution in [0, 0.1) is 5.82 Å². The first kappa shape index (κ1) is 15.1. The number of hydrogen-bond donors (Lipinski definition) is 2. The van der Waals surface area contributed by atoms with E-state index in [9.17, 15) is 17.6 Å². The van der Waals surface area contributed by atoms with E-state index < -0.39 is 21.7 Å². The Morgan fingerprint density at radius 2 is 1.86 bits per heavy atom. The lowest BCUT2D eigenvalue weighted by molar-refractivity contribution is 0.102. The van der Waals surface area contributed by atoms with Gasteiger partial charge in [-0.1, -0.05) is 12.1 Å².